The van der Waals surface area contributed by atoms with Gasteiger partial charge in [0.1, 0.15) is 10.7 Å². The van der Waals surface area contributed by atoms with Crippen molar-refractivity contribution in [1.29, 1.82) is 0 Å². The molecule has 1 aliphatic rings. The van der Waals surface area contributed by atoms with Crippen LogP contribution in [0.15, 0.2) is 30.5 Å². The van der Waals surface area contributed by atoms with E-state index in [1.165, 1.54) is 25.7 Å². The Morgan fingerprint density at radius 1 is 1.14 bits per heavy atom. The fourth-order valence-electron chi connectivity index (χ4n) is 2.94. The van der Waals surface area contributed by atoms with Gasteiger partial charge in [-0.25, -0.2) is 0 Å². The summed E-state index contributed by atoms with van der Waals surface area (Å²) in [5.74, 6) is 0.806. The molecule has 0 bridgehead atoms. The molecule has 1 fully saturated rings. The standard InChI is InChI=1S/C17H20N2OS/c18-17(21)14-11-19-15-10-6-5-9-13(15)16(14)20-12-7-3-1-2-4-8-12/h5-6,9-12H,1-4,7-8H2,(H2,18,21). The van der Waals surface area contributed by atoms with E-state index in [0.29, 0.717) is 4.99 Å². The first-order valence-corrected chi connectivity index (χ1v) is 8.01. The van der Waals surface area contributed by atoms with Crippen LogP contribution in [0.25, 0.3) is 10.9 Å². The Hall–Kier alpha value is -1.68. The van der Waals surface area contributed by atoms with E-state index in [-0.39, 0.29) is 6.10 Å². The zero-order valence-electron chi connectivity index (χ0n) is 12.0. The van der Waals surface area contributed by atoms with Crippen molar-refractivity contribution in [3.63, 3.8) is 0 Å². The molecule has 2 N–H and O–H groups in total. The summed E-state index contributed by atoms with van der Waals surface area (Å²) >= 11 is 5.16. The number of nitrogens with two attached hydrogens (primary N) is 1. The van der Waals surface area contributed by atoms with Crippen LogP contribution in [0.5, 0.6) is 5.75 Å². The smallest absolute Gasteiger partial charge is 0.140 e. The van der Waals surface area contributed by atoms with Gasteiger partial charge < -0.3 is 10.5 Å². The molecule has 0 saturated heterocycles. The molecule has 21 heavy (non-hydrogen) atoms. The SMILES string of the molecule is NC(=S)c1cnc2ccccc2c1OC1CCCCCC1. The maximum absolute atomic E-state index is 6.33. The number of hydrogen-bond acceptors (Lipinski definition) is 3. The summed E-state index contributed by atoms with van der Waals surface area (Å²) < 4.78 is 6.33. The summed E-state index contributed by atoms with van der Waals surface area (Å²) in [5.41, 5.74) is 7.51. The number of rotatable bonds is 3. The van der Waals surface area contributed by atoms with Gasteiger partial charge in [-0.1, -0.05) is 37.2 Å². The third kappa shape index (κ3) is 3.16. The van der Waals surface area contributed by atoms with Gasteiger partial charge in [0, 0.05) is 11.6 Å². The molecule has 0 aliphatic heterocycles. The second-order valence-electron chi connectivity index (χ2n) is 5.61. The lowest BCUT2D eigenvalue weighted by Crippen LogP contribution is -2.19. The minimum Gasteiger partial charge on any atom is -0.489 e. The minimum atomic E-state index is 0.256. The van der Waals surface area contributed by atoms with E-state index in [9.17, 15) is 0 Å². The summed E-state index contributed by atoms with van der Waals surface area (Å²) in [4.78, 5) is 4.77. The summed E-state index contributed by atoms with van der Waals surface area (Å²) in [5, 5.41) is 0.993. The summed E-state index contributed by atoms with van der Waals surface area (Å²) in [6.45, 7) is 0. The number of nitrogens with zero attached hydrogens (tertiary/aromatic N) is 1. The first-order chi connectivity index (χ1) is 10.3. The number of fused-ring (bicyclic) bond motifs is 1. The van der Waals surface area contributed by atoms with Gasteiger partial charge in [-0.05, 0) is 37.8 Å². The van der Waals surface area contributed by atoms with Crippen LogP contribution >= 0.6 is 12.2 Å². The fourth-order valence-corrected chi connectivity index (χ4v) is 3.09. The Morgan fingerprint density at radius 3 is 2.57 bits per heavy atom. The van der Waals surface area contributed by atoms with E-state index in [1.807, 2.05) is 24.3 Å². The molecule has 1 saturated carbocycles. The lowest BCUT2D eigenvalue weighted by atomic mass is 10.1. The van der Waals surface area contributed by atoms with Crippen LogP contribution in [0.4, 0.5) is 0 Å². The summed E-state index contributed by atoms with van der Waals surface area (Å²) in [7, 11) is 0. The molecule has 0 unspecified atom stereocenters. The molecule has 0 spiro atoms. The van der Waals surface area contributed by atoms with Crippen LogP contribution in [0.2, 0.25) is 0 Å². The number of thiocarbonyl (C=S) groups is 1. The lowest BCUT2D eigenvalue weighted by Gasteiger charge is -2.20. The van der Waals surface area contributed by atoms with Crippen molar-refractivity contribution in [3.8, 4) is 5.75 Å². The van der Waals surface area contributed by atoms with Crippen molar-refractivity contribution in [3.05, 3.63) is 36.0 Å². The Balaban J connectivity index is 2.01. The van der Waals surface area contributed by atoms with Gasteiger partial charge in [0.2, 0.25) is 0 Å². The fraction of sp³-hybridized carbons (Fsp3) is 0.412. The molecule has 2 aromatic rings. The molecule has 1 aromatic carbocycles. The highest BCUT2D eigenvalue weighted by molar-refractivity contribution is 7.80. The Morgan fingerprint density at radius 2 is 1.86 bits per heavy atom. The molecular weight excluding hydrogens is 280 g/mol. The summed E-state index contributed by atoms with van der Waals surface area (Å²) in [6.07, 6.45) is 9.27. The third-order valence-electron chi connectivity index (χ3n) is 4.08. The average Bonchev–Trinajstić information content (AvgIpc) is 2.76. The van der Waals surface area contributed by atoms with Gasteiger partial charge >= 0.3 is 0 Å². The normalized spacial score (nSPS) is 16.6. The highest BCUT2D eigenvalue weighted by Gasteiger charge is 2.18. The van der Waals surface area contributed by atoms with E-state index >= 15 is 0 Å². The Kier molecular flexibility index (Phi) is 4.34. The van der Waals surface area contributed by atoms with E-state index in [4.69, 9.17) is 22.7 Å². The highest BCUT2D eigenvalue weighted by Crippen LogP contribution is 2.31. The number of para-hydroxylation sites is 1. The Bertz CT molecular complexity index is 648. The molecule has 0 radical (unpaired) electrons. The van der Waals surface area contributed by atoms with Crippen molar-refractivity contribution >= 4 is 28.1 Å². The van der Waals surface area contributed by atoms with E-state index in [0.717, 1.165) is 35.1 Å². The number of benzene rings is 1. The van der Waals surface area contributed by atoms with Gasteiger partial charge in [0.25, 0.3) is 0 Å². The zero-order valence-corrected chi connectivity index (χ0v) is 12.9. The van der Waals surface area contributed by atoms with E-state index < -0.39 is 0 Å². The van der Waals surface area contributed by atoms with Crippen LogP contribution in [-0.4, -0.2) is 16.1 Å². The highest BCUT2D eigenvalue weighted by atomic mass is 32.1. The quantitative estimate of drug-likeness (QED) is 0.688. The molecule has 1 aromatic heterocycles. The minimum absolute atomic E-state index is 0.256. The van der Waals surface area contributed by atoms with E-state index in [2.05, 4.69) is 4.98 Å². The molecule has 110 valence electrons. The first-order valence-electron chi connectivity index (χ1n) is 7.60. The molecular formula is C17H20N2OS. The largest absolute Gasteiger partial charge is 0.489 e. The molecule has 0 amide bonds. The summed E-state index contributed by atoms with van der Waals surface area (Å²) in [6, 6.07) is 7.98. The second-order valence-corrected chi connectivity index (χ2v) is 6.05. The monoisotopic (exact) mass is 300 g/mol. The number of aromatic nitrogens is 1. The predicted octanol–water partition coefficient (Wildman–Crippen LogP) is 3.97. The van der Waals surface area contributed by atoms with Gasteiger partial charge in [-0.15, -0.1) is 0 Å². The molecule has 4 heteroatoms. The average molecular weight is 300 g/mol. The van der Waals surface area contributed by atoms with Crippen LogP contribution in [0.3, 0.4) is 0 Å². The Labute approximate surface area is 130 Å². The lowest BCUT2D eigenvalue weighted by molar-refractivity contribution is 0.186. The third-order valence-corrected chi connectivity index (χ3v) is 4.30. The zero-order chi connectivity index (χ0) is 14.7. The maximum Gasteiger partial charge on any atom is 0.140 e. The van der Waals surface area contributed by atoms with Crippen LogP contribution in [0, 0.1) is 0 Å². The first kappa shape index (κ1) is 14.3. The molecule has 1 heterocycles. The molecule has 1 aliphatic carbocycles. The van der Waals surface area contributed by atoms with Crippen LogP contribution in [0.1, 0.15) is 44.1 Å². The number of ether oxygens (including phenoxy) is 1. The van der Waals surface area contributed by atoms with Gasteiger partial charge in [-0.3, -0.25) is 4.98 Å². The van der Waals surface area contributed by atoms with Crippen molar-refractivity contribution in [2.24, 2.45) is 5.73 Å². The van der Waals surface area contributed by atoms with Gasteiger partial charge in [-0.2, -0.15) is 0 Å². The van der Waals surface area contributed by atoms with Crippen molar-refractivity contribution in [2.45, 2.75) is 44.6 Å². The second kappa shape index (κ2) is 6.39. The predicted molar refractivity (Wildman–Crippen MR) is 89.7 cm³/mol. The number of pyridine rings is 1. The van der Waals surface area contributed by atoms with Crippen molar-refractivity contribution < 1.29 is 4.74 Å². The van der Waals surface area contributed by atoms with Crippen LogP contribution < -0.4 is 10.5 Å². The van der Waals surface area contributed by atoms with Gasteiger partial charge in [0.15, 0.2) is 0 Å². The topological polar surface area (TPSA) is 48.1 Å². The van der Waals surface area contributed by atoms with Crippen molar-refractivity contribution in [2.75, 3.05) is 0 Å². The van der Waals surface area contributed by atoms with Gasteiger partial charge in [0.05, 0.1) is 17.2 Å². The van der Waals surface area contributed by atoms with Crippen molar-refractivity contribution in [1.82, 2.24) is 4.98 Å². The molecule has 3 rings (SSSR count). The molecule has 3 nitrogen and oxygen atoms in total. The van der Waals surface area contributed by atoms with Crippen LogP contribution in [-0.2, 0) is 0 Å². The van der Waals surface area contributed by atoms with E-state index in [1.54, 1.807) is 6.20 Å². The number of hydrogen-bond donors (Lipinski definition) is 1. The maximum atomic E-state index is 6.33. The molecule has 0 atom stereocenters.